The van der Waals surface area contributed by atoms with Crippen molar-refractivity contribution in [2.24, 2.45) is 0 Å². The number of carbonyl (C=O) groups excluding carboxylic acids is 1. The summed E-state index contributed by atoms with van der Waals surface area (Å²) in [5.74, 6) is 0.0429. The third-order valence-corrected chi connectivity index (χ3v) is 2.71. The number of ether oxygens (including phenoxy) is 1. The van der Waals surface area contributed by atoms with Crippen LogP contribution in [0.15, 0.2) is 29.7 Å². The second-order valence-electron chi connectivity index (χ2n) is 3.62. The molecule has 0 aliphatic heterocycles. The Hall–Kier alpha value is -1.13. The largest absolute Gasteiger partial charge is 0.375 e. The van der Waals surface area contributed by atoms with E-state index in [4.69, 9.17) is 4.74 Å². The first-order valence-electron chi connectivity index (χ1n) is 5.19. The fourth-order valence-corrected chi connectivity index (χ4v) is 1.85. The SMILES string of the molecule is C=C(C)COCCNC(=O)Cc1cccs1. The van der Waals surface area contributed by atoms with E-state index in [-0.39, 0.29) is 5.91 Å². The van der Waals surface area contributed by atoms with Crippen molar-refractivity contribution in [3.63, 3.8) is 0 Å². The highest BCUT2D eigenvalue weighted by molar-refractivity contribution is 7.10. The lowest BCUT2D eigenvalue weighted by atomic mass is 10.3. The lowest BCUT2D eigenvalue weighted by molar-refractivity contribution is -0.120. The molecule has 0 saturated heterocycles. The van der Waals surface area contributed by atoms with Gasteiger partial charge >= 0.3 is 0 Å². The summed E-state index contributed by atoms with van der Waals surface area (Å²) in [7, 11) is 0. The van der Waals surface area contributed by atoms with Crippen molar-refractivity contribution in [2.45, 2.75) is 13.3 Å². The van der Waals surface area contributed by atoms with E-state index in [0.29, 0.717) is 26.2 Å². The number of hydrogen-bond acceptors (Lipinski definition) is 3. The summed E-state index contributed by atoms with van der Waals surface area (Å²) in [6.07, 6.45) is 0.457. The molecule has 0 atom stereocenters. The van der Waals surface area contributed by atoms with Crippen LogP contribution in [0.5, 0.6) is 0 Å². The van der Waals surface area contributed by atoms with Crippen molar-refractivity contribution in [1.82, 2.24) is 5.32 Å². The number of thiophene rings is 1. The van der Waals surface area contributed by atoms with E-state index < -0.39 is 0 Å². The molecule has 1 aromatic rings. The van der Waals surface area contributed by atoms with Crippen LogP contribution in [-0.2, 0) is 16.0 Å². The minimum atomic E-state index is 0.0429. The molecular formula is C12H17NO2S. The van der Waals surface area contributed by atoms with E-state index in [1.54, 1.807) is 11.3 Å². The van der Waals surface area contributed by atoms with Crippen molar-refractivity contribution in [1.29, 1.82) is 0 Å². The fourth-order valence-electron chi connectivity index (χ4n) is 1.14. The number of hydrogen-bond donors (Lipinski definition) is 1. The van der Waals surface area contributed by atoms with E-state index >= 15 is 0 Å². The Bertz CT molecular complexity index is 333. The topological polar surface area (TPSA) is 38.3 Å². The first-order chi connectivity index (χ1) is 7.68. The normalized spacial score (nSPS) is 10.1. The van der Waals surface area contributed by atoms with Crippen LogP contribution in [0.3, 0.4) is 0 Å². The highest BCUT2D eigenvalue weighted by Gasteiger charge is 2.02. The molecule has 1 amide bonds. The molecule has 0 fully saturated rings. The maximum atomic E-state index is 11.4. The van der Waals surface area contributed by atoms with Gasteiger partial charge < -0.3 is 10.1 Å². The van der Waals surface area contributed by atoms with Gasteiger partial charge in [0.1, 0.15) is 0 Å². The minimum Gasteiger partial charge on any atom is -0.375 e. The quantitative estimate of drug-likeness (QED) is 0.584. The van der Waals surface area contributed by atoms with Crippen LogP contribution in [0.4, 0.5) is 0 Å². The Balaban J connectivity index is 2.05. The van der Waals surface area contributed by atoms with E-state index in [9.17, 15) is 4.79 Å². The van der Waals surface area contributed by atoms with Crippen LogP contribution in [0.1, 0.15) is 11.8 Å². The molecule has 16 heavy (non-hydrogen) atoms. The Kier molecular flexibility index (Phi) is 5.82. The first kappa shape index (κ1) is 12.9. The second-order valence-corrected chi connectivity index (χ2v) is 4.65. The predicted octanol–water partition coefficient (Wildman–Crippen LogP) is 2.00. The molecule has 0 saturated carbocycles. The van der Waals surface area contributed by atoms with Crippen molar-refractivity contribution < 1.29 is 9.53 Å². The molecule has 1 aromatic heterocycles. The molecule has 0 bridgehead atoms. The van der Waals surface area contributed by atoms with Gasteiger partial charge in [-0.25, -0.2) is 0 Å². The van der Waals surface area contributed by atoms with Crippen molar-refractivity contribution in [3.05, 3.63) is 34.5 Å². The zero-order chi connectivity index (χ0) is 11.8. The molecule has 4 heteroatoms. The van der Waals surface area contributed by atoms with Gasteiger partial charge in [-0.1, -0.05) is 18.2 Å². The smallest absolute Gasteiger partial charge is 0.225 e. The van der Waals surface area contributed by atoms with Crippen molar-refractivity contribution in [3.8, 4) is 0 Å². The van der Waals surface area contributed by atoms with Crippen LogP contribution in [0.2, 0.25) is 0 Å². The molecule has 1 rings (SSSR count). The molecule has 0 spiro atoms. The van der Waals surface area contributed by atoms with Crippen molar-refractivity contribution in [2.75, 3.05) is 19.8 Å². The molecule has 0 aromatic carbocycles. The molecule has 1 N–H and O–H groups in total. The van der Waals surface area contributed by atoms with Crippen LogP contribution >= 0.6 is 11.3 Å². The average molecular weight is 239 g/mol. The Labute approximate surface area is 100 Å². The summed E-state index contributed by atoms with van der Waals surface area (Å²) in [5.41, 5.74) is 0.991. The summed E-state index contributed by atoms with van der Waals surface area (Å²) in [6, 6.07) is 3.91. The molecule has 0 aliphatic carbocycles. The number of rotatable bonds is 7. The van der Waals surface area contributed by atoms with E-state index in [1.807, 2.05) is 24.4 Å². The van der Waals surface area contributed by atoms with Gasteiger partial charge in [-0.2, -0.15) is 0 Å². The molecule has 0 aliphatic rings. The van der Waals surface area contributed by atoms with Crippen LogP contribution < -0.4 is 5.32 Å². The van der Waals surface area contributed by atoms with E-state index in [0.717, 1.165) is 10.5 Å². The van der Waals surface area contributed by atoms with Gasteiger partial charge in [0.2, 0.25) is 5.91 Å². The van der Waals surface area contributed by atoms with Crippen molar-refractivity contribution >= 4 is 17.2 Å². The molecular weight excluding hydrogens is 222 g/mol. The molecule has 88 valence electrons. The van der Waals surface area contributed by atoms with Gasteiger partial charge in [0.25, 0.3) is 0 Å². The molecule has 3 nitrogen and oxygen atoms in total. The number of amides is 1. The molecule has 0 radical (unpaired) electrons. The standard InChI is InChI=1S/C12H17NO2S/c1-10(2)9-15-6-5-13-12(14)8-11-4-3-7-16-11/h3-4,7H,1,5-6,8-9H2,2H3,(H,13,14). The maximum Gasteiger partial charge on any atom is 0.225 e. The predicted molar refractivity (Wildman–Crippen MR) is 66.7 cm³/mol. The van der Waals surface area contributed by atoms with Crippen LogP contribution in [0.25, 0.3) is 0 Å². The minimum absolute atomic E-state index is 0.0429. The lowest BCUT2D eigenvalue weighted by Gasteiger charge is -2.05. The third-order valence-electron chi connectivity index (χ3n) is 1.83. The zero-order valence-electron chi connectivity index (χ0n) is 9.49. The van der Waals surface area contributed by atoms with Gasteiger partial charge in [-0.15, -0.1) is 11.3 Å². The number of carbonyl (C=O) groups is 1. The fraction of sp³-hybridized carbons (Fsp3) is 0.417. The Morgan fingerprint density at radius 2 is 2.44 bits per heavy atom. The third kappa shape index (κ3) is 5.68. The summed E-state index contributed by atoms with van der Waals surface area (Å²) in [4.78, 5) is 12.5. The van der Waals surface area contributed by atoms with Crippen LogP contribution in [0, 0.1) is 0 Å². The van der Waals surface area contributed by atoms with E-state index in [1.165, 1.54) is 0 Å². The van der Waals surface area contributed by atoms with Gasteiger partial charge in [-0.3, -0.25) is 4.79 Å². The highest BCUT2D eigenvalue weighted by Crippen LogP contribution is 2.08. The maximum absolute atomic E-state index is 11.4. The highest BCUT2D eigenvalue weighted by atomic mass is 32.1. The Morgan fingerprint density at radius 1 is 1.62 bits per heavy atom. The molecule has 1 heterocycles. The van der Waals surface area contributed by atoms with Gasteiger partial charge in [0, 0.05) is 11.4 Å². The van der Waals surface area contributed by atoms with Gasteiger partial charge in [0.15, 0.2) is 0 Å². The summed E-state index contributed by atoms with van der Waals surface area (Å²) >= 11 is 1.60. The van der Waals surface area contributed by atoms with Gasteiger partial charge in [-0.05, 0) is 18.4 Å². The van der Waals surface area contributed by atoms with Crippen LogP contribution in [-0.4, -0.2) is 25.7 Å². The average Bonchev–Trinajstić information content (AvgIpc) is 2.69. The Morgan fingerprint density at radius 3 is 3.06 bits per heavy atom. The van der Waals surface area contributed by atoms with Gasteiger partial charge in [0.05, 0.1) is 19.6 Å². The number of nitrogens with one attached hydrogen (secondary N) is 1. The zero-order valence-corrected chi connectivity index (χ0v) is 10.3. The summed E-state index contributed by atoms with van der Waals surface area (Å²) in [6.45, 7) is 7.28. The van der Waals surface area contributed by atoms with E-state index in [2.05, 4.69) is 11.9 Å². The second kappa shape index (κ2) is 7.19. The molecule has 0 unspecified atom stereocenters. The summed E-state index contributed by atoms with van der Waals surface area (Å²) < 4.78 is 5.27. The monoisotopic (exact) mass is 239 g/mol. The summed E-state index contributed by atoms with van der Waals surface area (Å²) in [5, 5.41) is 4.78. The lowest BCUT2D eigenvalue weighted by Crippen LogP contribution is -2.28. The first-order valence-corrected chi connectivity index (χ1v) is 6.07.